The average molecular weight is 362 g/mol. The number of fused-ring (bicyclic) bond motifs is 1. The molecule has 7 heteroatoms. The fraction of sp³-hybridized carbons (Fsp3) is 0.294. The van der Waals surface area contributed by atoms with Crippen LogP contribution in [0.25, 0.3) is 10.9 Å². The summed E-state index contributed by atoms with van der Waals surface area (Å²) in [5.74, 6) is 0.973. The summed E-state index contributed by atoms with van der Waals surface area (Å²) in [6.07, 6.45) is 2.02. The molecule has 0 radical (unpaired) electrons. The van der Waals surface area contributed by atoms with Crippen molar-refractivity contribution < 1.29 is 9.53 Å². The Bertz CT molecular complexity index is 871. The fourth-order valence-electron chi connectivity index (χ4n) is 2.53. The number of amides is 1. The standard InChI is InChI=1S/C17H16ClN3O2S/c18-14-4-11-3-12(6-19-17(22)10-1-2-10)21-15(11)5-16(14)23-7-13-8-24-9-20-13/h3-5,8-10,21H,1-2,6-7H2,(H,19,22). The number of nitrogens with zero attached hydrogens (tertiary/aromatic N) is 1. The summed E-state index contributed by atoms with van der Waals surface area (Å²) in [4.78, 5) is 19.2. The lowest BCUT2D eigenvalue weighted by Crippen LogP contribution is -2.24. The number of hydrogen-bond donors (Lipinski definition) is 2. The van der Waals surface area contributed by atoms with Crippen LogP contribution in [-0.2, 0) is 17.9 Å². The third kappa shape index (κ3) is 3.39. The lowest BCUT2D eigenvalue weighted by atomic mass is 10.2. The lowest BCUT2D eigenvalue weighted by Gasteiger charge is -2.06. The van der Waals surface area contributed by atoms with Crippen molar-refractivity contribution >= 4 is 39.7 Å². The molecular formula is C17H16ClN3O2S. The molecule has 2 heterocycles. The van der Waals surface area contributed by atoms with Crippen LogP contribution in [0.4, 0.5) is 0 Å². The van der Waals surface area contributed by atoms with Crippen LogP contribution in [0, 0.1) is 5.92 Å². The summed E-state index contributed by atoms with van der Waals surface area (Å²) in [5.41, 5.74) is 4.54. The Morgan fingerprint density at radius 2 is 2.29 bits per heavy atom. The van der Waals surface area contributed by atoms with Gasteiger partial charge in [0.1, 0.15) is 12.4 Å². The van der Waals surface area contributed by atoms with Crippen molar-refractivity contribution in [3.8, 4) is 5.75 Å². The first kappa shape index (κ1) is 15.5. The second kappa shape index (κ2) is 6.45. The predicted octanol–water partition coefficient (Wildman–Crippen LogP) is 3.88. The smallest absolute Gasteiger partial charge is 0.223 e. The number of thiazole rings is 1. The molecule has 0 spiro atoms. The Hall–Kier alpha value is -2.05. The predicted molar refractivity (Wildman–Crippen MR) is 94.3 cm³/mol. The topological polar surface area (TPSA) is 67.0 Å². The van der Waals surface area contributed by atoms with Gasteiger partial charge in [0.05, 0.1) is 22.8 Å². The van der Waals surface area contributed by atoms with Gasteiger partial charge >= 0.3 is 0 Å². The summed E-state index contributed by atoms with van der Waals surface area (Å²) in [6, 6.07) is 5.75. The van der Waals surface area contributed by atoms with Crippen LogP contribution in [0.1, 0.15) is 24.2 Å². The number of aromatic nitrogens is 2. The van der Waals surface area contributed by atoms with Crippen molar-refractivity contribution in [2.24, 2.45) is 5.92 Å². The van der Waals surface area contributed by atoms with Crippen molar-refractivity contribution in [1.29, 1.82) is 0 Å². The van der Waals surface area contributed by atoms with Gasteiger partial charge in [0.25, 0.3) is 0 Å². The van der Waals surface area contributed by atoms with E-state index in [4.69, 9.17) is 16.3 Å². The Kier molecular flexibility index (Phi) is 4.16. The van der Waals surface area contributed by atoms with Gasteiger partial charge in [-0.3, -0.25) is 4.79 Å². The summed E-state index contributed by atoms with van der Waals surface area (Å²) < 4.78 is 5.76. The van der Waals surface area contributed by atoms with E-state index in [1.54, 1.807) is 5.51 Å². The molecule has 24 heavy (non-hydrogen) atoms. The number of benzene rings is 1. The van der Waals surface area contributed by atoms with E-state index in [9.17, 15) is 4.79 Å². The number of ether oxygens (including phenoxy) is 1. The number of H-pyrrole nitrogens is 1. The van der Waals surface area contributed by atoms with Crippen molar-refractivity contribution in [2.75, 3.05) is 0 Å². The Morgan fingerprint density at radius 3 is 3.04 bits per heavy atom. The number of carbonyl (C=O) groups is 1. The summed E-state index contributed by atoms with van der Waals surface area (Å²) in [7, 11) is 0. The van der Waals surface area contributed by atoms with E-state index in [-0.39, 0.29) is 11.8 Å². The van der Waals surface area contributed by atoms with Gasteiger partial charge in [-0.2, -0.15) is 0 Å². The summed E-state index contributed by atoms with van der Waals surface area (Å²) in [5, 5.41) is 6.46. The molecule has 1 aliphatic rings. The van der Waals surface area contributed by atoms with Crippen molar-refractivity contribution in [3.05, 3.63) is 45.5 Å². The lowest BCUT2D eigenvalue weighted by molar-refractivity contribution is -0.122. The molecule has 4 rings (SSSR count). The number of hydrogen-bond acceptors (Lipinski definition) is 4. The number of nitrogens with one attached hydrogen (secondary N) is 2. The molecule has 0 saturated heterocycles. The molecule has 0 unspecified atom stereocenters. The molecule has 124 valence electrons. The van der Waals surface area contributed by atoms with Crippen molar-refractivity contribution in [1.82, 2.24) is 15.3 Å². The molecule has 1 aromatic carbocycles. The maximum Gasteiger partial charge on any atom is 0.223 e. The van der Waals surface area contributed by atoms with E-state index in [1.165, 1.54) is 11.3 Å². The second-order valence-corrected chi connectivity index (χ2v) is 7.05. The van der Waals surface area contributed by atoms with Crippen LogP contribution < -0.4 is 10.1 Å². The van der Waals surface area contributed by atoms with Gasteiger partial charge in [-0.1, -0.05) is 11.6 Å². The van der Waals surface area contributed by atoms with E-state index in [1.807, 2.05) is 23.6 Å². The van der Waals surface area contributed by atoms with Crippen molar-refractivity contribution in [2.45, 2.75) is 26.0 Å². The van der Waals surface area contributed by atoms with Gasteiger partial charge in [0, 0.05) is 34.0 Å². The van der Waals surface area contributed by atoms with Gasteiger partial charge in [-0.15, -0.1) is 11.3 Å². The monoisotopic (exact) mass is 361 g/mol. The van der Waals surface area contributed by atoms with E-state index >= 15 is 0 Å². The number of rotatable bonds is 6. The minimum atomic E-state index is 0.138. The molecule has 5 nitrogen and oxygen atoms in total. The molecule has 3 aromatic rings. The molecular weight excluding hydrogens is 346 g/mol. The highest BCUT2D eigenvalue weighted by Gasteiger charge is 2.29. The zero-order chi connectivity index (χ0) is 16.5. The maximum absolute atomic E-state index is 11.7. The Balaban J connectivity index is 1.47. The minimum Gasteiger partial charge on any atom is -0.486 e. The van der Waals surface area contributed by atoms with Crippen LogP contribution in [0.2, 0.25) is 5.02 Å². The Morgan fingerprint density at radius 1 is 1.42 bits per heavy atom. The van der Waals surface area contributed by atoms with Gasteiger partial charge in [0.2, 0.25) is 5.91 Å². The molecule has 1 saturated carbocycles. The molecule has 2 aromatic heterocycles. The van der Waals surface area contributed by atoms with Gasteiger partial charge in [0.15, 0.2) is 0 Å². The maximum atomic E-state index is 11.7. The van der Waals surface area contributed by atoms with Crippen LogP contribution in [0.5, 0.6) is 5.75 Å². The van der Waals surface area contributed by atoms with Crippen LogP contribution in [0.3, 0.4) is 0 Å². The largest absolute Gasteiger partial charge is 0.486 e. The van der Waals surface area contributed by atoms with Crippen LogP contribution >= 0.6 is 22.9 Å². The van der Waals surface area contributed by atoms with Gasteiger partial charge in [-0.25, -0.2) is 4.98 Å². The molecule has 1 fully saturated rings. The molecule has 1 aliphatic carbocycles. The van der Waals surface area contributed by atoms with E-state index in [2.05, 4.69) is 15.3 Å². The highest BCUT2D eigenvalue weighted by Crippen LogP contribution is 2.31. The average Bonchev–Trinajstić information content (AvgIpc) is 3.15. The highest BCUT2D eigenvalue weighted by molar-refractivity contribution is 7.07. The first-order valence-corrected chi connectivity index (χ1v) is 9.10. The summed E-state index contributed by atoms with van der Waals surface area (Å²) in [6.45, 7) is 0.885. The van der Waals surface area contributed by atoms with Gasteiger partial charge < -0.3 is 15.0 Å². The van der Waals surface area contributed by atoms with Crippen LogP contribution in [0.15, 0.2) is 29.1 Å². The Labute approximate surface area is 148 Å². The zero-order valence-electron chi connectivity index (χ0n) is 12.8. The first-order valence-electron chi connectivity index (χ1n) is 7.78. The number of carbonyl (C=O) groups excluding carboxylic acids is 1. The van der Waals surface area contributed by atoms with E-state index in [0.29, 0.717) is 23.9 Å². The molecule has 1 amide bonds. The second-order valence-electron chi connectivity index (χ2n) is 5.92. The number of aromatic amines is 1. The van der Waals surface area contributed by atoms with Crippen LogP contribution in [-0.4, -0.2) is 15.9 Å². The normalized spacial score (nSPS) is 14.0. The van der Waals surface area contributed by atoms with E-state index in [0.717, 1.165) is 35.1 Å². The number of halogens is 1. The molecule has 2 N–H and O–H groups in total. The van der Waals surface area contributed by atoms with E-state index < -0.39 is 0 Å². The highest BCUT2D eigenvalue weighted by atomic mass is 35.5. The van der Waals surface area contributed by atoms with Gasteiger partial charge in [-0.05, 0) is 25.0 Å². The third-order valence-corrected chi connectivity index (χ3v) is 4.92. The quantitative estimate of drug-likeness (QED) is 0.700. The minimum absolute atomic E-state index is 0.138. The third-order valence-electron chi connectivity index (χ3n) is 3.99. The van der Waals surface area contributed by atoms with Crippen molar-refractivity contribution in [3.63, 3.8) is 0 Å². The fourth-order valence-corrected chi connectivity index (χ4v) is 3.30. The summed E-state index contributed by atoms with van der Waals surface area (Å²) >= 11 is 7.84. The molecule has 0 aliphatic heterocycles. The molecule has 0 atom stereocenters. The SMILES string of the molecule is O=C(NCc1cc2cc(Cl)c(OCc3cscn3)cc2[nH]1)C1CC1. The first-order chi connectivity index (χ1) is 11.7. The molecule has 0 bridgehead atoms. The zero-order valence-corrected chi connectivity index (χ0v) is 14.4.